The average Bonchev–Trinajstić information content (AvgIpc) is 3.13. The van der Waals surface area contributed by atoms with Crippen LogP contribution in [0.4, 0.5) is 0 Å². The van der Waals surface area contributed by atoms with Crippen LogP contribution in [0.25, 0.3) is 16.8 Å². The number of rotatable bonds is 4. The molecular formula is C24H26N4O4S. The van der Waals surface area contributed by atoms with Crippen molar-refractivity contribution in [1.82, 2.24) is 14.4 Å². The number of H-pyrrole nitrogens is 1. The summed E-state index contributed by atoms with van der Waals surface area (Å²) in [7, 11) is -3.41. The molecule has 3 aromatic rings. The van der Waals surface area contributed by atoms with Crippen LogP contribution in [-0.4, -0.2) is 29.9 Å². The number of hydrazone groups is 1. The molecule has 0 aliphatic heterocycles. The van der Waals surface area contributed by atoms with Crippen molar-refractivity contribution in [1.29, 1.82) is 0 Å². The van der Waals surface area contributed by atoms with Crippen LogP contribution in [0.2, 0.25) is 0 Å². The second-order valence-corrected chi connectivity index (χ2v) is 11.0. The largest absolute Gasteiger partial charge is 0.332 e. The molecule has 0 bridgehead atoms. The van der Waals surface area contributed by atoms with Gasteiger partial charge in [-0.2, -0.15) is 5.10 Å². The van der Waals surface area contributed by atoms with Gasteiger partial charge in [0.25, 0.3) is 5.56 Å². The van der Waals surface area contributed by atoms with Gasteiger partial charge in [0, 0.05) is 17.8 Å². The second-order valence-electron chi connectivity index (χ2n) is 9.29. The van der Waals surface area contributed by atoms with E-state index in [1.54, 1.807) is 0 Å². The predicted octanol–water partition coefficient (Wildman–Crippen LogP) is 2.69. The van der Waals surface area contributed by atoms with Crippen LogP contribution in [0, 0.1) is 0 Å². The van der Waals surface area contributed by atoms with Gasteiger partial charge in [-0.3, -0.25) is 14.3 Å². The van der Waals surface area contributed by atoms with E-state index in [2.05, 4.69) is 47.8 Å². The molecule has 0 atom stereocenters. The fourth-order valence-electron chi connectivity index (χ4n) is 3.87. The van der Waals surface area contributed by atoms with E-state index in [9.17, 15) is 18.0 Å². The minimum absolute atomic E-state index is 0.162. The summed E-state index contributed by atoms with van der Waals surface area (Å²) in [6, 6.07) is 13.3. The Kier molecular flexibility index (Phi) is 5.61. The fourth-order valence-corrected chi connectivity index (χ4v) is 4.15. The first-order chi connectivity index (χ1) is 15.4. The van der Waals surface area contributed by atoms with Crippen molar-refractivity contribution in [2.75, 3.05) is 6.26 Å². The van der Waals surface area contributed by atoms with E-state index < -0.39 is 21.3 Å². The quantitative estimate of drug-likeness (QED) is 0.576. The van der Waals surface area contributed by atoms with Crippen molar-refractivity contribution in [3.63, 3.8) is 0 Å². The first kappa shape index (κ1) is 22.7. The molecule has 33 heavy (non-hydrogen) atoms. The summed E-state index contributed by atoms with van der Waals surface area (Å²) in [4.78, 5) is 28.4. The molecule has 0 radical (unpaired) electrons. The number of nitrogens with zero attached hydrogens (tertiary/aromatic N) is 2. The Morgan fingerprint density at radius 3 is 2.42 bits per heavy atom. The number of aromatic amines is 1. The third-order valence-corrected chi connectivity index (χ3v) is 6.04. The molecule has 0 spiro atoms. The van der Waals surface area contributed by atoms with E-state index in [4.69, 9.17) is 0 Å². The topological polar surface area (TPSA) is 113 Å². The third kappa shape index (κ3) is 4.98. The molecule has 1 aromatic heterocycles. The fraction of sp³-hybridized carbons (Fsp3) is 0.292. The molecule has 1 aliphatic rings. The van der Waals surface area contributed by atoms with E-state index in [1.165, 1.54) is 16.8 Å². The number of benzene rings is 2. The Morgan fingerprint density at radius 2 is 1.76 bits per heavy atom. The van der Waals surface area contributed by atoms with Crippen LogP contribution in [0.1, 0.15) is 43.9 Å². The van der Waals surface area contributed by atoms with Gasteiger partial charge in [0.2, 0.25) is 10.0 Å². The van der Waals surface area contributed by atoms with Gasteiger partial charge < -0.3 is 0 Å². The highest BCUT2D eigenvalue weighted by Crippen LogP contribution is 2.33. The molecule has 4 rings (SSSR count). The van der Waals surface area contributed by atoms with E-state index in [0.717, 1.165) is 40.5 Å². The van der Waals surface area contributed by atoms with Crippen molar-refractivity contribution in [3.05, 3.63) is 86.2 Å². The number of fused-ring (bicyclic) bond motifs is 1. The zero-order chi connectivity index (χ0) is 24.0. The first-order valence-electron chi connectivity index (χ1n) is 10.6. The van der Waals surface area contributed by atoms with Gasteiger partial charge in [0.1, 0.15) is 0 Å². The molecule has 8 nitrogen and oxygen atoms in total. The van der Waals surface area contributed by atoms with Gasteiger partial charge in [0.05, 0.1) is 17.7 Å². The lowest BCUT2D eigenvalue weighted by atomic mass is 9.84. The number of nitrogens with one attached hydrogen (secondary N) is 2. The number of sulfonamides is 1. The molecule has 2 aromatic carbocycles. The smallest absolute Gasteiger partial charge is 0.274 e. The van der Waals surface area contributed by atoms with Crippen molar-refractivity contribution < 1.29 is 8.42 Å². The highest BCUT2D eigenvalue weighted by Gasteiger charge is 2.21. The lowest BCUT2D eigenvalue weighted by Crippen LogP contribution is -2.27. The van der Waals surface area contributed by atoms with Gasteiger partial charge in [-0.05, 0) is 52.6 Å². The summed E-state index contributed by atoms with van der Waals surface area (Å²) in [5.74, 6) is 0. The molecule has 172 valence electrons. The number of aromatic nitrogens is 2. The van der Waals surface area contributed by atoms with E-state index >= 15 is 0 Å². The Hall–Kier alpha value is -3.46. The molecule has 0 unspecified atom stereocenters. The van der Waals surface area contributed by atoms with Gasteiger partial charge in [-0.1, -0.05) is 45.0 Å². The van der Waals surface area contributed by atoms with E-state index in [0.29, 0.717) is 17.8 Å². The Labute approximate surface area is 192 Å². The Bertz CT molecular complexity index is 1490. The van der Waals surface area contributed by atoms with Crippen molar-refractivity contribution in [2.24, 2.45) is 5.10 Å². The molecule has 0 fully saturated rings. The Morgan fingerprint density at radius 1 is 1.00 bits per heavy atom. The average molecular weight is 467 g/mol. The normalized spacial score (nSPS) is 15.0. The van der Waals surface area contributed by atoms with Crippen LogP contribution in [0.15, 0.2) is 63.4 Å². The number of hydrogen-bond donors (Lipinski definition) is 2. The zero-order valence-corrected chi connectivity index (χ0v) is 19.8. The molecule has 2 N–H and O–H groups in total. The maximum Gasteiger partial charge on any atom is 0.332 e. The van der Waals surface area contributed by atoms with Crippen LogP contribution in [0.5, 0.6) is 0 Å². The summed E-state index contributed by atoms with van der Waals surface area (Å²) < 4.78 is 24.2. The minimum atomic E-state index is -3.41. The highest BCUT2D eigenvalue weighted by molar-refractivity contribution is 7.88. The van der Waals surface area contributed by atoms with Crippen molar-refractivity contribution >= 4 is 15.7 Å². The van der Waals surface area contributed by atoms with Crippen LogP contribution >= 0.6 is 0 Å². The number of hydrogen-bond acceptors (Lipinski definition) is 5. The lowest BCUT2D eigenvalue weighted by molar-refractivity contribution is 0.589. The highest BCUT2D eigenvalue weighted by atomic mass is 32.2. The van der Waals surface area contributed by atoms with E-state index in [1.807, 2.05) is 24.3 Å². The van der Waals surface area contributed by atoms with Gasteiger partial charge in [-0.25, -0.2) is 18.0 Å². The predicted molar refractivity (Wildman–Crippen MR) is 130 cm³/mol. The van der Waals surface area contributed by atoms with Gasteiger partial charge in [-0.15, -0.1) is 0 Å². The molecular weight excluding hydrogens is 440 g/mol. The number of aryl methyl sites for hydroxylation is 1. The van der Waals surface area contributed by atoms with Crippen LogP contribution in [-0.2, 0) is 21.9 Å². The summed E-state index contributed by atoms with van der Waals surface area (Å²) >= 11 is 0. The summed E-state index contributed by atoms with van der Waals surface area (Å²) in [5, 5.41) is 4.07. The molecule has 0 saturated carbocycles. The zero-order valence-electron chi connectivity index (χ0n) is 19.0. The standard InChI is InChI=1S/C24H26N4O4S/c1-24(2,3)18-12-17(13-19(14-18)28-10-9-22(29)25-23(28)30)15-5-7-20-16(11-15)6-8-21(20)26-27-33(4,31)32/h5,7,9-14,27H,6,8H2,1-4H3,(H,25,29,30)/b26-21+. The van der Waals surface area contributed by atoms with Crippen molar-refractivity contribution in [3.8, 4) is 16.8 Å². The molecule has 9 heteroatoms. The minimum Gasteiger partial charge on any atom is -0.274 e. The maximum atomic E-state index is 12.4. The van der Waals surface area contributed by atoms with E-state index in [-0.39, 0.29) is 5.41 Å². The molecule has 1 aliphatic carbocycles. The van der Waals surface area contributed by atoms with Crippen LogP contribution in [0.3, 0.4) is 0 Å². The van der Waals surface area contributed by atoms with Crippen molar-refractivity contribution in [2.45, 2.75) is 39.0 Å². The summed E-state index contributed by atoms with van der Waals surface area (Å²) in [5.41, 5.74) is 5.28. The maximum absolute atomic E-state index is 12.4. The first-order valence-corrected chi connectivity index (χ1v) is 12.4. The summed E-state index contributed by atoms with van der Waals surface area (Å²) in [6.07, 6.45) is 3.97. The monoisotopic (exact) mass is 466 g/mol. The second kappa shape index (κ2) is 8.15. The molecule has 1 heterocycles. The lowest BCUT2D eigenvalue weighted by Gasteiger charge is -2.22. The molecule has 0 amide bonds. The van der Waals surface area contributed by atoms with Crippen LogP contribution < -0.4 is 16.1 Å². The third-order valence-electron chi connectivity index (χ3n) is 5.61. The summed E-state index contributed by atoms with van der Waals surface area (Å²) in [6.45, 7) is 6.31. The molecule has 0 saturated heterocycles. The van der Waals surface area contributed by atoms with Gasteiger partial charge >= 0.3 is 5.69 Å². The SMILES string of the molecule is CC(C)(C)c1cc(-c2ccc3c(c2)CC/C3=N\NS(C)(=O)=O)cc(-n2ccc(=O)[nH]c2=O)c1. The Balaban J connectivity index is 1.81. The van der Waals surface area contributed by atoms with Gasteiger partial charge in [0.15, 0.2) is 0 Å².